The van der Waals surface area contributed by atoms with Crippen molar-refractivity contribution in [3.05, 3.63) is 35.1 Å². The predicted octanol–water partition coefficient (Wildman–Crippen LogP) is 3.63. The molecule has 0 aromatic heterocycles. The van der Waals surface area contributed by atoms with Crippen LogP contribution < -0.4 is 5.73 Å². The van der Waals surface area contributed by atoms with E-state index in [4.69, 9.17) is 10.5 Å². The van der Waals surface area contributed by atoms with E-state index in [9.17, 15) is 14.3 Å². The number of amides is 1. The molecule has 0 radical (unpaired) electrons. The molecule has 4 nitrogen and oxygen atoms in total. The van der Waals surface area contributed by atoms with Crippen LogP contribution in [-0.4, -0.2) is 11.2 Å². The Hall–Kier alpha value is -1.62. The lowest BCUT2D eigenvalue weighted by molar-refractivity contribution is 0.0732. The van der Waals surface area contributed by atoms with Crippen LogP contribution in [0.3, 0.4) is 0 Å². The summed E-state index contributed by atoms with van der Waals surface area (Å²) < 4.78 is 19.4. The summed E-state index contributed by atoms with van der Waals surface area (Å²) in [6.45, 7) is 9.05. The molecule has 0 bridgehead atoms. The Labute approximate surface area is 125 Å². The molecule has 0 saturated heterocycles. The summed E-state index contributed by atoms with van der Waals surface area (Å²) in [5.74, 6) is -0.523. The highest BCUT2D eigenvalue weighted by Crippen LogP contribution is 2.34. The zero-order valence-electron chi connectivity index (χ0n) is 13.2. The van der Waals surface area contributed by atoms with Crippen molar-refractivity contribution in [1.82, 2.24) is 0 Å². The molecule has 21 heavy (non-hydrogen) atoms. The molecular formula is C16H24FNO3. The Morgan fingerprint density at radius 3 is 2.29 bits per heavy atom. The van der Waals surface area contributed by atoms with Crippen LogP contribution >= 0.6 is 0 Å². The van der Waals surface area contributed by atoms with Gasteiger partial charge in [0.1, 0.15) is 11.9 Å². The summed E-state index contributed by atoms with van der Waals surface area (Å²) in [4.78, 5) is 11.0. The minimum atomic E-state index is -1.14. The van der Waals surface area contributed by atoms with Crippen molar-refractivity contribution >= 4 is 6.09 Å². The van der Waals surface area contributed by atoms with Gasteiger partial charge < -0.3 is 15.6 Å². The van der Waals surface area contributed by atoms with Crippen LogP contribution in [0.15, 0.2) is 18.2 Å². The van der Waals surface area contributed by atoms with Gasteiger partial charge in [0.05, 0.1) is 5.60 Å². The topological polar surface area (TPSA) is 72.5 Å². The van der Waals surface area contributed by atoms with E-state index in [-0.39, 0.29) is 11.0 Å². The number of rotatable bonds is 4. The van der Waals surface area contributed by atoms with E-state index in [1.54, 1.807) is 19.9 Å². The first kappa shape index (κ1) is 17.4. The Bertz CT molecular complexity index is 515. The molecule has 0 saturated carbocycles. The van der Waals surface area contributed by atoms with E-state index < -0.39 is 23.6 Å². The van der Waals surface area contributed by atoms with Crippen LogP contribution in [0, 0.1) is 11.2 Å². The lowest BCUT2D eigenvalue weighted by Crippen LogP contribution is -2.23. The number of carbonyl (C=O) groups excluding carboxylic acids is 1. The second kappa shape index (κ2) is 6.02. The minimum Gasteiger partial charge on any atom is -0.441 e. The van der Waals surface area contributed by atoms with Crippen molar-refractivity contribution in [2.24, 2.45) is 11.1 Å². The SMILES string of the molecule is CC(C)(C)C[C@H](OC(N)=O)c1ccc(C(C)(C)O)cc1F. The summed E-state index contributed by atoms with van der Waals surface area (Å²) in [5.41, 5.74) is 4.49. The molecule has 0 unspecified atom stereocenters. The van der Waals surface area contributed by atoms with Crippen LogP contribution in [0.4, 0.5) is 9.18 Å². The molecule has 1 rings (SSSR count). The average Bonchev–Trinajstić information content (AvgIpc) is 2.23. The maximum atomic E-state index is 14.3. The summed E-state index contributed by atoms with van der Waals surface area (Å²) in [5, 5.41) is 9.90. The van der Waals surface area contributed by atoms with Gasteiger partial charge in [-0.3, -0.25) is 0 Å². The van der Waals surface area contributed by atoms with Gasteiger partial charge in [0.25, 0.3) is 0 Å². The zero-order chi connectivity index (χ0) is 16.4. The molecule has 0 heterocycles. The fraction of sp³-hybridized carbons (Fsp3) is 0.562. The van der Waals surface area contributed by atoms with E-state index in [1.807, 2.05) is 20.8 Å². The molecule has 118 valence electrons. The zero-order valence-corrected chi connectivity index (χ0v) is 13.2. The number of aliphatic hydroxyl groups is 1. The molecule has 5 heteroatoms. The normalized spacial score (nSPS) is 13.9. The quantitative estimate of drug-likeness (QED) is 0.891. The highest BCUT2D eigenvalue weighted by atomic mass is 19.1. The largest absolute Gasteiger partial charge is 0.441 e. The van der Waals surface area contributed by atoms with Crippen LogP contribution in [-0.2, 0) is 10.3 Å². The smallest absolute Gasteiger partial charge is 0.405 e. The number of ether oxygens (including phenoxy) is 1. The van der Waals surface area contributed by atoms with Crippen LogP contribution in [0.25, 0.3) is 0 Å². The van der Waals surface area contributed by atoms with Crippen LogP contribution in [0.1, 0.15) is 58.3 Å². The van der Waals surface area contributed by atoms with Gasteiger partial charge in [-0.25, -0.2) is 9.18 Å². The van der Waals surface area contributed by atoms with Gasteiger partial charge in [0, 0.05) is 5.56 Å². The van der Waals surface area contributed by atoms with E-state index in [2.05, 4.69) is 0 Å². The first-order chi connectivity index (χ1) is 9.40. The molecule has 0 spiro atoms. The maximum absolute atomic E-state index is 14.3. The standard InChI is InChI=1S/C16H24FNO3/c1-15(2,3)9-13(21-14(18)19)11-7-6-10(8-12(11)17)16(4,5)20/h6-8,13,20H,9H2,1-5H3,(H2,18,19)/t13-/m0/s1. The Balaban J connectivity index is 3.16. The number of benzene rings is 1. The van der Waals surface area contributed by atoms with Crippen LogP contribution in [0.5, 0.6) is 0 Å². The molecular weight excluding hydrogens is 273 g/mol. The maximum Gasteiger partial charge on any atom is 0.405 e. The number of hydrogen-bond donors (Lipinski definition) is 2. The molecule has 0 aliphatic heterocycles. The summed E-state index contributed by atoms with van der Waals surface area (Å²) in [6.07, 6.45) is -1.25. The summed E-state index contributed by atoms with van der Waals surface area (Å²) >= 11 is 0. The van der Waals surface area contributed by atoms with Gasteiger partial charge in [-0.1, -0.05) is 32.9 Å². The predicted molar refractivity (Wildman–Crippen MR) is 79.1 cm³/mol. The van der Waals surface area contributed by atoms with Crippen molar-refractivity contribution in [2.75, 3.05) is 0 Å². The van der Waals surface area contributed by atoms with E-state index >= 15 is 0 Å². The third kappa shape index (κ3) is 5.34. The highest BCUT2D eigenvalue weighted by Gasteiger charge is 2.27. The minimum absolute atomic E-state index is 0.165. The molecule has 1 aromatic carbocycles. The number of halogens is 1. The number of carbonyl (C=O) groups is 1. The van der Waals surface area contributed by atoms with Gasteiger partial charge in [0.2, 0.25) is 0 Å². The van der Waals surface area contributed by atoms with E-state index in [0.29, 0.717) is 12.0 Å². The fourth-order valence-electron chi connectivity index (χ4n) is 2.08. The second-order valence-corrected chi connectivity index (χ2v) is 6.99. The van der Waals surface area contributed by atoms with Crippen molar-refractivity contribution in [3.63, 3.8) is 0 Å². The molecule has 1 atom stereocenters. The lowest BCUT2D eigenvalue weighted by atomic mass is 9.86. The Kier molecular flexibility index (Phi) is 4.99. The third-order valence-electron chi connectivity index (χ3n) is 3.11. The molecule has 1 amide bonds. The van der Waals surface area contributed by atoms with Crippen molar-refractivity contribution in [2.45, 2.75) is 52.7 Å². The lowest BCUT2D eigenvalue weighted by Gasteiger charge is -2.26. The highest BCUT2D eigenvalue weighted by molar-refractivity contribution is 5.65. The number of nitrogens with two attached hydrogens (primary N) is 1. The Morgan fingerprint density at radius 2 is 1.90 bits per heavy atom. The van der Waals surface area contributed by atoms with Gasteiger partial charge >= 0.3 is 6.09 Å². The van der Waals surface area contributed by atoms with Crippen molar-refractivity contribution < 1.29 is 19.0 Å². The van der Waals surface area contributed by atoms with E-state index in [0.717, 1.165) is 0 Å². The molecule has 1 aromatic rings. The van der Waals surface area contributed by atoms with Crippen LogP contribution in [0.2, 0.25) is 0 Å². The third-order valence-corrected chi connectivity index (χ3v) is 3.11. The summed E-state index contributed by atoms with van der Waals surface area (Å²) in [7, 11) is 0. The van der Waals surface area contributed by atoms with Gasteiger partial charge in [-0.2, -0.15) is 0 Å². The Morgan fingerprint density at radius 1 is 1.33 bits per heavy atom. The second-order valence-electron chi connectivity index (χ2n) is 6.99. The first-order valence-electron chi connectivity index (χ1n) is 6.88. The molecule has 0 fully saturated rings. The van der Waals surface area contributed by atoms with Gasteiger partial charge in [0.15, 0.2) is 0 Å². The van der Waals surface area contributed by atoms with Gasteiger partial charge in [-0.15, -0.1) is 0 Å². The first-order valence-corrected chi connectivity index (χ1v) is 6.88. The van der Waals surface area contributed by atoms with Crippen molar-refractivity contribution in [3.8, 4) is 0 Å². The fourth-order valence-corrected chi connectivity index (χ4v) is 2.08. The monoisotopic (exact) mass is 297 g/mol. The van der Waals surface area contributed by atoms with Crippen molar-refractivity contribution in [1.29, 1.82) is 0 Å². The molecule has 3 N–H and O–H groups in total. The number of primary amides is 1. The molecule has 0 aliphatic rings. The van der Waals surface area contributed by atoms with E-state index in [1.165, 1.54) is 12.1 Å². The summed E-state index contributed by atoms with van der Waals surface area (Å²) in [6, 6.07) is 4.41. The number of hydrogen-bond acceptors (Lipinski definition) is 3. The molecule has 0 aliphatic carbocycles. The average molecular weight is 297 g/mol. The van der Waals surface area contributed by atoms with Gasteiger partial charge in [-0.05, 0) is 37.3 Å².